The Hall–Kier alpha value is -2.99. The van der Waals surface area contributed by atoms with E-state index in [0.29, 0.717) is 25.7 Å². The molecule has 1 saturated heterocycles. The van der Waals surface area contributed by atoms with Gasteiger partial charge in [-0.15, -0.1) is 0 Å². The maximum Gasteiger partial charge on any atom is 0.191 e. The van der Waals surface area contributed by atoms with Gasteiger partial charge in [0.2, 0.25) is 0 Å². The van der Waals surface area contributed by atoms with E-state index in [4.69, 9.17) is 13.9 Å². The molecule has 2 aromatic carbocycles. The highest BCUT2D eigenvalue weighted by Gasteiger charge is 2.19. The average molecular weight is 408 g/mol. The Morgan fingerprint density at radius 2 is 1.97 bits per heavy atom. The number of aliphatic imine (C=N–C) groups is 1. The molecule has 3 aromatic rings. The molecule has 0 aliphatic carbocycles. The first-order valence-corrected chi connectivity index (χ1v) is 10.4. The van der Waals surface area contributed by atoms with Crippen LogP contribution in [0.4, 0.5) is 0 Å². The van der Waals surface area contributed by atoms with E-state index in [2.05, 4.69) is 53.7 Å². The average Bonchev–Trinajstić information content (AvgIpc) is 3.37. The minimum absolute atomic E-state index is 0.124. The predicted molar refractivity (Wildman–Crippen MR) is 119 cm³/mol. The summed E-state index contributed by atoms with van der Waals surface area (Å²) >= 11 is 0. The van der Waals surface area contributed by atoms with Gasteiger partial charge in [-0.05, 0) is 31.5 Å². The number of aryl methyl sites for hydroxylation is 2. The van der Waals surface area contributed by atoms with Crippen LogP contribution in [-0.4, -0.2) is 32.3 Å². The van der Waals surface area contributed by atoms with Crippen molar-refractivity contribution in [2.24, 2.45) is 4.99 Å². The number of para-hydroxylation sites is 1. The van der Waals surface area contributed by atoms with Crippen LogP contribution in [0.5, 0.6) is 5.75 Å². The molecule has 1 atom stereocenters. The van der Waals surface area contributed by atoms with E-state index in [0.717, 1.165) is 46.6 Å². The van der Waals surface area contributed by atoms with Crippen molar-refractivity contribution in [1.82, 2.24) is 10.6 Å². The van der Waals surface area contributed by atoms with Gasteiger partial charge < -0.3 is 24.5 Å². The highest BCUT2D eigenvalue weighted by atomic mass is 16.5. The topological polar surface area (TPSA) is 68.0 Å². The van der Waals surface area contributed by atoms with E-state index in [1.54, 1.807) is 7.05 Å². The number of rotatable bonds is 6. The lowest BCUT2D eigenvalue weighted by Crippen LogP contribution is -2.36. The molecule has 1 aliphatic rings. The smallest absolute Gasteiger partial charge is 0.191 e. The van der Waals surface area contributed by atoms with Crippen LogP contribution in [0, 0.1) is 13.8 Å². The Labute approximate surface area is 177 Å². The van der Waals surface area contributed by atoms with Crippen molar-refractivity contribution in [2.45, 2.75) is 39.5 Å². The van der Waals surface area contributed by atoms with Crippen LogP contribution < -0.4 is 15.4 Å². The minimum Gasteiger partial charge on any atom is -0.488 e. The van der Waals surface area contributed by atoms with Gasteiger partial charge >= 0.3 is 0 Å². The zero-order valence-corrected chi connectivity index (χ0v) is 17.8. The van der Waals surface area contributed by atoms with Crippen molar-refractivity contribution in [1.29, 1.82) is 0 Å². The molecule has 1 aromatic heterocycles. The third kappa shape index (κ3) is 4.60. The zero-order chi connectivity index (χ0) is 20.9. The number of benzene rings is 2. The number of guanidine groups is 1. The molecule has 0 radical (unpaired) electrons. The highest BCUT2D eigenvalue weighted by molar-refractivity contribution is 5.83. The van der Waals surface area contributed by atoms with Gasteiger partial charge in [0.05, 0.1) is 19.8 Å². The summed E-state index contributed by atoms with van der Waals surface area (Å²) in [6.07, 6.45) is 1.06. The molecule has 4 rings (SSSR count). The summed E-state index contributed by atoms with van der Waals surface area (Å²) in [6.45, 7) is 6.76. The summed E-state index contributed by atoms with van der Waals surface area (Å²) in [4.78, 5) is 4.34. The fourth-order valence-corrected chi connectivity index (χ4v) is 3.66. The van der Waals surface area contributed by atoms with Crippen LogP contribution in [0.25, 0.3) is 11.0 Å². The Bertz CT molecular complexity index is 1040. The SMILES string of the molecule is CN=C(NCc1ccc(C)cc1OC1CCOC1)NCc1oc2ccccc2c1C. The van der Waals surface area contributed by atoms with Crippen molar-refractivity contribution in [3.05, 3.63) is 64.9 Å². The fourth-order valence-electron chi connectivity index (χ4n) is 3.66. The first-order chi connectivity index (χ1) is 14.6. The van der Waals surface area contributed by atoms with Crippen LogP contribution in [0.1, 0.15) is 28.9 Å². The summed E-state index contributed by atoms with van der Waals surface area (Å²) in [5.74, 6) is 2.53. The minimum atomic E-state index is 0.124. The van der Waals surface area contributed by atoms with E-state index in [9.17, 15) is 0 Å². The van der Waals surface area contributed by atoms with Gasteiger partial charge in [-0.2, -0.15) is 0 Å². The lowest BCUT2D eigenvalue weighted by molar-refractivity contribution is 0.140. The molecular formula is C24H29N3O3. The van der Waals surface area contributed by atoms with Crippen LogP contribution in [0.3, 0.4) is 0 Å². The lowest BCUT2D eigenvalue weighted by Gasteiger charge is -2.18. The number of furan rings is 1. The normalized spacial score (nSPS) is 16.8. The monoisotopic (exact) mass is 407 g/mol. The van der Waals surface area contributed by atoms with Crippen LogP contribution in [0.15, 0.2) is 51.9 Å². The maximum atomic E-state index is 6.19. The Kier molecular flexibility index (Phi) is 6.23. The largest absolute Gasteiger partial charge is 0.488 e. The van der Waals surface area contributed by atoms with E-state index in [-0.39, 0.29) is 6.10 Å². The van der Waals surface area contributed by atoms with Gasteiger partial charge in [0, 0.05) is 36.5 Å². The second-order valence-electron chi connectivity index (χ2n) is 7.64. The van der Waals surface area contributed by atoms with Gasteiger partial charge in [0.25, 0.3) is 0 Å². The molecule has 0 saturated carbocycles. The van der Waals surface area contributed by atoms with Crippen molar-refractivity contribution < 1.29 is 13.9 Å². The van der Waals surface area contributed by atoms with Crippen LogP contribution in [0.2, 0.25) is 0 Å². The number of fused-ring (bicyclic) bond motifs is 1. The highest BCUT2D eigenvalue weighted by Crippen LogP contribution is 2.25. The number of hydrogen-bond acceptors (Lipinski definition) is 4. The number of nitrogens with zero attached hydrogens (tertiary/aromatic N) is 1. The Morgan fingerprint density at radius 1 is 1.13 bits per heavy atom. The summed E-state index contributed by atoms with van der Waals surface area (Å²) in [6, 6.07) is 14.4. The van der Waals surface area contributed by atoms with Gasteiger partial charge in [-0.1, -0.05) is 30.3 Å². The molecule has 158 valence electrons. The molecule has 6 heteroatoms. The molecule has 2 heterocycles. The summed E-state index contributed by atoms with van der Waals surface area (Å²) in [5, 5.41) is 7.87. The van der Waals surface area contributed by atoms with E-state index >= 15 is 0 Å². The molecule has 1 unspecified atom stereocenters. The maximum absolute atomic E-state index is 6.19. The van der Waals surface area contributed by atoms with E-state index < -0.39 is 0 Å². The quantitative estimate of drug-likeness (QED) is 0.476. The number of ether oxygens (including phenoxy) is 2. The Balaban J connectivity index is 1.39. The molecule has 2 N–H and O–H groups in total. The van der Waals surface area contributed by atoms with Crippen LogP contribution in [-0.2, 0) is 17.8 Å². The van der Waals surface area contributed by atoms with Crippen molar-refractivity contribution in [3.8, 4) is 5.75 Å². The molecule has 30 heavy (non-hydrogen) atoms. The number of hydrogen-bond donors (Lipinski definition) is 2. The third-order valence-corrected chi connectivity index (χ3v) is 5.43. The van der Waals surface area contributed by atoms with E-state index in [1.807, 2.05) is 18.2 Å². The lowest BCUT2D eigenvalue weighted by atomic mass is 10.1. The van der Waals surface area contributed by atoms with Crippen molar-refractivity contribution >= 4 is 16.9 Å². The van der Waals surface area contributed by atoms with Gasteiger partial charge in [-0.25, -0.2) is 0 Å². The molecule has 0 spiro atoms. The summed E-state index contributed by atoms with van der Waals surface area (Å²) in [7, 11) is 1.77. The second-order valence-corrected chi connectivity index (χ2v) is 7.64. The molecule has 6 nitrogen and oxygen atoms in total. The van der Waals surface area contributed by atoms with Gasteiger partial charge in [-0.3, -0.25) is 4.99 Å². The standard InChI is InChI=1S/C24H29N3O3/c1-16-8-9-18(22(12-16)29-19-10-11-28-15-19)13-26-24(25-3)27-14-23-17(2)20-6-4-5-7-21(20)30-23/h4-9,12,19H,10-11,13-15H2,1-3H3,(H2,25,26,27). The van der Waals surface area contributed by atoms with Crippen molar-refractivity contribution in [2.75, 3.05) is 20.3 Å². The molecule has 1 fully saturated rings. The Morgan fingerprint density at radius 3 is 2.73 bits per heavy atom. The van der Waals surface area contributed by atoms with Crippen LogP contribution >= 0.6 is 0 Å². The molecule has 0 amide bonds. The second kappa shape index (κ2) is 9.22. The molecule has 0 bridgehead atoms. The summed E-state index contributed by atoms with van der Waals surface area (Å²) in [5.41, 5.74) is 4.33. The predicted octanol–water partition coefficient (Wildman–Crippen LogP) is 4.08. The van der Waals surface area contributed by atoms with Crippen molar-refractivity contribution in [3.63, 3.8) is 0 Å². The molecule has 1 aliphatic heterocycles. The van der Waals surface area contributed by atoms with Gasteiger partial charge in [0.15, 0.2) is 5.96 Å². The van der Waals surface area contributed by atoms with Gasteiger partial charge in [0.1, 0.15) is 23.2 Å². The fraction of sp³-hybridized carbons (Fsp3) is 0.375. The number of nitrogens with one attached hydrogen (secondary N) is 2. The third-order valence-electron chi connectivity index (χ3n) is 5.43. The first kappa shape index (κ1) is 20.3. The summed E-state index contributed by atoms with van der Waals surface area (Å²) < 4.78 is 17.6. The first-order valence-electron chi connectivity index (χ1n) is 10.4. The van der Waals surface area contributed by atoms with E-state index in [1.165, 1.54) is 5.56 Å². The molecular weight excluding hydrogens is 378 g/mol. The zero-order valence-electron chi connectivity index (χ0n) is 17.8.